The number of benzene rings is 8. The summed E-state index contributed by atoms with van der Waals surface area (Å²) < 4.78 is 0. The fraction of sp³-hybridized carbons (Fsp3) is 0. The molecule has 0 heterocycles. The minimum absolute atomic E-state index is 0.358. The third kappa shape index (κ3) is 10.2. The Hall–Kier alpha value is -7.26. The van der Waals surface area contributed by atoms with E-state index in [4.69, 9.17) is 0 Å². The van der Waals surface area contributed by atoms with Gasteiger partial charge in [0.2, 0.25) is 0 Å². The number of para-hydroxylation sites is 2. The van der Waals surface area contributed by atoms with Gasteiger partial charge in [-0.25, -0.2) is 9.80 Å². The number of imide groups is 2. The van der Waals surface area contributed by atoms with E-state index in [2.05, 4.69) is 23.3 Å². The molecule has 0 aliphatic carbocycles. The molecular weight excluding hydrogens is 781 g/mol. The van der Waals surface area contributed by atoms with Crippen molar-refractivity contribution in [2.75, 3.05) is 9.80 Å². The Labute approximate surface area is 360 Å². The lowest BCUT2D eigenvalue weighted by molar-refractivity contribution is 0.0882. The molecule has 60 heavy (non-hydrogen) atoms. The Kier molecular flexibility index (Phi) is 15.2. The molecule has 0 unspecified atom stereocenters. The molecule has 8 rings (SSSR count). The molecule has 0 aromatic heterocycles. The van der Waals surface area contributed by atoms with E-state index in [-0.39, 0.29) is 23.6 Å². The van der Waals surface area contributed by atoms with E-state index < -0.39 is 0 Å². The lowest BCUT2D eigenvalue weighted by Crippen LogP contribution is -2.37. The van der Waals surface area contributed by atoms with Crippen molar-refractivity contribution in [3.63, 3.8) is 0 Å². The minimum Gasteiger partial charge on any atom is -0.268 e. The highest BCUT2D eigenvalue weighted by Crippen LogP contribution is 2.34. The summed E-state index contributed by atoms with van der Waals surface area (Å²) in [5.74, 6) is -1.43. The zero-order valence-electron chi connectivity index (χ0n) is 32.4. The summed E-state index contributed by atoms with van der Waals surface area (Å²) in [6.07, 6.45) is 0. The first-order valence-corrected chi connectivity index (χ1v) is 20.6. The maximum Gasteiger partial charge on any atom is 0.265 e. The van der Waals surface area contributed by atoms with E-state index in [0.29, 0.717) is 33.6 Å². The van der Waals surface area contributed by atoms with Gasteiger partial charge in [-0.15, -0.1) is 23.3 Å². The van der Waals surface area contributed by atoms with Crippen molar-refractivity contribution in [2.45, 2.75) is 0 Å². The van der Waals surface area contributed by atoms with Crippen molar-refractivity contribution in [1.82, 2.24) is 0 Å². The highest BCUT2D eigenvalue weighted by atomic mass is 33.1. The van der Waals surface area contributed by atoms with Gasteiger partial charge >= 0.3 is 0 Å². The molecule has 8 aromatic carbocycles. The molecule has 0 aliphatic rings. The van der Waals surface area contributed by atoms with Gasteiger partial charge in [-0.3, -0.25) is 19.2 Å². The van der Waals surface area contributed by atoms with Gasteiger partial charge in [0.1, 0.15) is 0 Å². The molecule has 0 bridgehead atoms. The van der Waals surface area contributed by atoms with Gasteiger partial charge in [0.05, 0.1) is 11.4 Å². The number of thiol groups is 2. The van der Waals surface area contributed by atoms with Crippen LogP contribution in [-0.2, 0) is 0 Å². The molecule has 0 radical (unpaired) electrons. The van der Waals surface area contributed by atoms with Crippen LogP contribution in [-0.4, -0.2) is 23.6 Å². The van der Waals surface area contributed by atoms with E-state index in [1.807, 2.05) is 133 Å². The van der Waals surface area contributed by atoms with Crippen molar-refractivity contribution in [3.8, 4) is 22.3 Å². The SMILES string of the molecule is O=C(c1ccccc1)N(C(=O)c1ccccc1)c1ccccc1-c1ccccc1.O=C(c1ccccc1)N(C(=O)c1ccccc1)c1ccccc1-c1ccccc1.SS. The normalized spacial score (nSPS) is 10.1. The average molecular weight is 821 g/mol. The van der Waals surface area contributed by atoms with E-state index >= 15 is 0 Å². The van der Waals surface area contributed by atoms with Crippen LogP contribution in [0.2, 0.25) is 0 Å². The van der Waals surface area contributed by atoms with Crippen molar-refractivity contribution >= 4 is 58.3 Å². The van der Waals surface area contributed by atoms with Crippen LogP contribution in [0.3, 0.4) is 0 Å². The van der Waals surface area contributed by atoms with Crippen LogP contribution in [0.5, 0.6) is 0 Å². The number of amides is 4. The number of hydrogen-bond acceptors (Lipinski definition) is 6. The Morgan fingerprint density at radius 3 is 0.717 bits per heavy atom. The van der Waals surface area contributed by atoms with Crippen LogP contribution < -0.4 is 9.80 Å². The molecule has 294 valence electrons. The highest BCUT2D eigenvalue weighted by Gasteiger charge is 2.29. The van der Waals surface area contributed by atoms with Crippen LogP contribution in [0.25, 0.3) is 22.3 Å². The van der Waals surface area contributed by atoms with E-state index in [0.717, 1.165) is 22.3 Å². The fourth-order valence-electron chi connectivity index (χ4n) is 6.52. The third-order valence-corrected chi connectivity index (χ3v) is 9.35. The smallest absolute Gasteiger partial charge is 0.265 e. The molecule has 8 heteroatoms. The molecule has 0 aliphatic heterocycles. The average Bonchev–Trinajstić information content (AvgIpc) is 3.34. The maximum absolute atomic E-state index is 13.4. The fourth-order valence-corrected chi connectivity index (χ4v) is 6.52. The Morgan fingerprint density at radius 1 is 0.267 bits per heavy atom. The van der Waals surface area contributed by atoms with Crippen LogP contribution in [0.4, 0.5) is 11.4 Å². The Morgan fingerprint density at radius 2 is 0.467 bits per heavy atom. The van der Waals surface area contributed by atoms with Crippen molar-refractivity contribution in [3.05, 3.63) is 253 Å². The summed E-state index contributed by atoms with van der Waals surface area (Å²) in [4.78, 5) is 56.3. The van der Waals surface area contributed by atoms with Crippen molar-refractivity contribution in [2.24, 2.45) is 0 Å². The minimum atomic E-state index is -0.358. The number of rotatable bonds is 8. The topological polar surface area (TPSA) is 74.8 Å². The van der Waals surface area contributed by atoms with Gasteiger partial charge in [0.25, 0.3) is 23.6 Å². The molecule has 6 nitrogen and oxygen atoms in total. The van der Waals surface area contributed by atoms with E-state index in [1.165, 1.54) is 9.80 Å². The largest absolute Gasteiger partial charge is 0.268 e. The van der Waals surface area contributed by atoms with Gasteiger partial charge in [0, 0.05) is 33.4 Å². The Balaban J connectivity index is 0.000000193. The zero-order chi connectivity index (χ0) is 42.1. The van der Waals surface area contributed by atoms with Gasteiger partial charge in [-0.1, -0.05) is 170 Å². The second-order valence-electron chi connectivity index (χ2n) is 13.1. The highest BCUT2D eigenvalue weighted by molar-refractivity contribution is 8.59. The molecular formula is C52H40N2O4S2. The summed E-state index contributed by atoms with van der Waals surface area (Å²) >= 11 is 6.44. The first-order valence-electron chi connectivity index (χ1n) is 19.0. The first-order chi connectivity index (χ1) is 29.5. The number of carbonyl (C=O) groups is 4. The molecule has 0 fully saturated rings. The summed E-state index contributed by atoms with van der Waals surface area (Å²) in [7, 11) is 0. The van der Waals surface area contributed by atoms with Crippen LogP contribution >= 0.6 is 23.3 Å². The van der Waals surface area contributed by atoms with Gasteiger partial charge in [-0.2, -0.15) is 0 Å². The second-order valence-corrected chi connectivity index (χ2v) is 13.1. The zero-order valence-corrected chi connectivity index (χ0v) is 34.2. The van der Waals surface area contributed by atoms with Crippen LogP contribution in [0.1, 0.15) is 41.4 Å². The molecule has 0 saturated heterocycles. The predicted molar refractivity (Wildman–Crippen MR) is 250 cm³/mol. The Bertz CT molecular complexity index is 2340. The summed E-state index contributed by atoms with van der Waals surface area (Å²) in [5.41, 5.74) is 6.47. The standard InChI is InChI=1S/2C26H19NO2.H2S2/c2*28-25(21-14-6-2-7-15-21)27(26(29)22-16-8-3-9-17-22)24-19-11-10-18-23(24)20-12-4-1-5-13-20;1-2/h2*1-19H;1-2H. The van der Waals surface area contributed by atoms with Crippen molar-refractivity contribution in [1.29, 1.82) is 0 Å². The summed E-state index contributed by atoms with van der Waals surface area (Å²) in [5, 5.41) is 0. The van der Waals surface area contributed by atoms with Gasteiger partial charge < -0.3 is 0 Å². The number of anilines is 2. The number of nitrogens with zero attached hydrogens (tertiary/aromatic N) is 2. The first kappa shape index (κ1) is 42.3. The quantitative estimate of drug-likeness (QED) is 0.0909. The maximum atomic E-state index is 13.4. The summed E-state index contributed by atoms with van der Waals surface area (Å²) in [6, 6.07) is 70.0. The lowest BCUT2D eigenvalue weighted by atomic mass is 10.0. The third-order valence-electron chi connectivity index (χ3n) is 9.35. The van der Waals surface area contributed by atoms with Crippen LogP contribution in [0, 0.1) is 0 Å². The van der Waals surface area contributed by atoms with Gasteiger partial charge in [-0.05, 0) is 71.8 Å². The number of hydrogen-bond donors (Lipinski definition) is 2. The predicted octanol–water partition coefficient (Wildman–Crippen LogP) is 12.4. The monoisotopic (exact) mass is 820 g/mol. The van der Waals surface area contributed by atoms with E-state index in [1.54, 1.807) is 97.1 Å². The molecule has 0 atom stereocenters. The second kappa shape index (κ2) is 21.5. The van der Waals surface area contributed by atoms with E-state index in [9.17, 15) is 19.2 Å². The molecule has 0 N–H and O–H groups in total. The number of carbonyl (C=O) groups excluding carboxylic acids is 4. The molecule has 0 saturated carbocycles. The lowest BCUT2D eigenvalue weighted by Gasteiger charge is -2.24. The molecule has 8 aromatic rings. The van der Waals surface area contributed by atoms with Crippen LogP contribution in [0.15, 0.2) is 231 Å². The molecule has 4 amide bonds. The molecule has 0 spiro atoms. The van der Waals surface area contributed by atoms with Crippen molar-refractivity contribution < 1.29 is 19.2 Å². The van der Waals surface area contributed by atoms with Gasteiger partial charge in [0.15, 0.2) is 0 Å². The summed E-state index contributed by atoms with van der Waals surface area (Å²) in [6.45, 7) is 0.